The summed E-state index contributed by atoms with van der Waals surface area (Å²) in [4.78, 5) is 0. The number of hydrogen-bond acceptors (Lipinski definition) is 0. The van der Waals surface area contributed by atoms with Crippen molar-refractivity contribution in [2.45, 2.75) is 129 Å². The first-order valence-electron chi connectivity index (χ1n) is 18.7. The minimum Gasteiger partial charge on any atom is -0.203 e. The fourth-order valence-corrected chi connectivity index (χ4v) is 8.11. The molecule has 3 aromatic carbocycles. The first kappa shape index (κ1) is 35.4. The Hall–Kier alpha value is -2.88. The van der Waals surface area contributed by atoms with Crippen molar-refractivity contribution in [3.63, 3.8) is 0 Å². The SMILES string of the molecule is CCCCCCCCc1ccc(-c2ccc(-c3ccc(C4=CCC(C5CCC(CCCCC)CC5)CC4)c(F)c3F)cc2)c(F)c1F. The molecule has 1 fully saturated rings. The lowest BCUT2D eigenvalue weighted by Crippen LogP contribution is -2.23. The van der Waals surface area contributed by atoms with Gasteiger partial charge < -0.3 is 0 Å². The molecule has 0 heterocycles. The van der Waals surface area contributed by atoms with Crippen LogP contribution >= 0.6 is 0 Å². The molecule has 0 radical (unpaired) electrons. The molecule has 1 atom stereocenters. The van der Waals surface area contributed by atoms with Gasteiger partial charge in [-0.1, -0.05) is 139 Å². The number of hydrogen-bond donors (Lipinski definition) is 0. The van der Waals surface area contributed by atoms with Gasteiger partial charge in [0.05, 0.1) is 0 Å². The van der Waals surface area contributed by atoms with Gasteiger partial charge in [-0.05, 0) is 85.0 Å². The summed E-state index contributed by atoms with van der Waals surface area (Å²) in [6.07, 6.45) is 22.7. The molecule has 0 spiro atoms. The lowest BCUT2D eigenvalue weighted by Gasteiger charge is -2.35. The third-order valence-corrected chi connectivity index (χ3v) is 11.1. The minimum absolute atomic E-state index is 0.170. The molecule has 2 aliphatic carbocycles. The van der Waals surface area contributed by atoms with Crippen molar-refractivity contribution >= 4 is 5.57 Å². The average Bonchev–Trinajstić information content (AvgIpc) is 3.10. The Kier molecular flexibility index (Phi) is 13.2. The zero-order valence-electron chi connectivity index (χ0n) is 28.7. The smallest absolute Gasteiger partial charge is 0.167 e. The summed E-state index contributed by atoms with van der Waals surface area (Å²) >= 11 is 0. The van der Waals surface area contributed by atoms with Crippen molar-refractivity contribution in [2.75, 3.05) is 0 Å². The molecule has 0 bridgehead atoms. The van der Waals surface area contributed by atoms with Crippen LogP contribution in [-0.2, 0) is 6.42 Å². The van der Waals surface area contributed by atoms with Gasteiger partial charge in [0.15, 0.2) is 23.3 Å². The van der Waals surface area contributed by atoms with Gasteiger partial charge in [0.2, 0.25) is 0 Å². The Balaban J connectivity index is 1.19. The monoisotopic (exact) mass is 646 g/mol. The Bertz CT molecular complexity index is 1460. The number of unbranched alkanes of at least 4 members (excludes halogenated alkanes) is 7. The van der Waals surface area contributed by atoms with Crippen LogP contribution in [-0.4, -0.2) is 0 Å². The molecule has 0 saturated heterocycles. The predicted octanol–water partition coefficient (Wildman–Crippen LogP) is 14.1. The van der Waals surface area contributed by atoms with Gasteiger partial charge >= 0.3 is 0 Å². The van der Waals surface area contributed by atoms with Gasteiger partial charge in [-0.3, -0.25) is 0 Å². The highest BCUT2D eigenvalue weighted by Crippen LogP contribution is 2.43. The fourth-order valence-electron chi connectivity index (χ4n) is 8.11. The summed E-state index contributed by atoms with van der Waals surface area (Å²) in [6, 6.07) is 13.2. The highest BCUT2D eigenvalue weighted by atomic mass is 19.2. The number of rotatable bonds is 15. The zero-order chi connectivity index (χ0) is 33.2. The normalized spacial score (nSPS) is 20.0. The molecule has 0 amide bonds. The van der Waals surface area contributed by atoms with Crippen molar-refractivity contribution in [3.8, 4) is 22.3 Å². The van der Waals surface area contributed by atoms with E-state index >= 15 is 13.2 Å². The van der Waals surface area contributed by atoms with Crippen LogP contribution in [0.3, 0.4) is 0 Å². The van der Waals surface area contributed by atoms with Crippen molar-refractivity contribution in [1.82, 2.24) is 0 Å². The average molecular weight is 647 g/mol. The molecule has 1 saturated carbocycles. The predicted molar refractivity (Wildman–Crippen MR) is 189 cm³/mol. The van der Waals surface area contributed by atoms with Crippen LogP contribution in [0, 0.1) is 41.0 Å². The van der Waals surface area contributed by atoms with Gasteiger partial charge in [-0.25, -0.2) is 17.6 Å². The topological polar surface area (TPSA) is 0 Å². The first-order chi connectivity index (χ1) is 22.9. The van der Waals surface area contributed by atoms with Crippen LogP contribution in [0.1, 0.15) is 134 Å². The van der Waals surface area contributed by atoms with E-state index in [1.807, 2.05) is 0 Å². The second-order valence-corrected chi connectivity index (χ2v) is 14.3. The molecular weight excluding hydrogens is 592 g/mol. The molecule has 3 aromatic rings. The summed E-state index contributed by atoms with van der Waals surface area (Å²) in [5.41, 5.74) is 3.01. The standard InChI is InChI=1S/C43H54F4/c1-3-5-7-8-9-11-13-36-26-27-37(41(45)40(36)44)34-22-24-35(25-23-34)39-29-28-38(42(46)43(39)47)33-20-18-32(19-21-33)31-16-14-30(15-17-31)12-10-6-4-2/h20,22-32H,3-19,21H2,1-2H3. The van der Waals surface area contributed by atoms with Crippen LogP contribution < -0.4 is 0 Å². The Labute approximate surface area is 281 Å². The summed E-state index contributed by atoms with van der Waals surface area (Å²) in [7, 11) is 0. The van der Waals surface area contributed by atoms with Crippen molar-refractivity contribution in [1.29, 1.82) is 0 Å². The lowest BCUT2D eigenvalue weighted by molar-refractivity contribution is 0.187. The maximum Gasteiger partial charge on any atom is 0.167 e. The van der Waals surface area contributed by atoms with Crippen LogP contribution in [0.25, 0.3) is 27.8 Å². The largest absolute Gasteiger partial charge is 0.203 e. The third kappa shape index (κ3) is 8.98. The molecule has 0 aliphatic heterocycles. The van der Waals surface area contributed by atoms with Crippen LogP contribution in [0.15, 0.2) is 54.6 Å². The molecule has 4 heteroatoms. The van der Waals surface area contributed by atoms with E-state index in [0.29, 0.717) is 34.6 Å². The third-order valence-electron chi connectivity index (χ3n) is 11.1. The van der Waals surface area contributed by atoms with Gasteiger partial charge in [-0.15, -0.1) is 0 Å². The number of aryl methyl sites for hydroxylation is 1. The fraction of sp³-hybridized carbons (Fsp3) is 0.535. The summed E-state index contributed by atoms with van der Waals surface area (Å²) < 4.78 is 61.0. The van der Waals surface area contributed by atoms with Gasteiger partial charge in [0, 0.05) is 16.7 Å². The van der Waals surface area contributed by atoms with E-state index in [-0.39, 0.29) is 11.1 Å². The van der Waals surface area contributed by atoms with E-state index in [1.165, 1.54) is 70.6 Å². The van der Waals surface area contributed by atoms with E-state index in [1.54, 1.807) is 48.5 Å². The molecule has 254 valence electrons. The first-order valence-corrected chi connectivity index (χ1v) is 18.7. The van der Waals surface area contributed by atoms with E-state index in [9.17, 15) is 4.39 Å². The van der Waals surface area contributed by atoms with E-state index in [0.717, 1.165) is 55.9 Å². The van der Waals surface area contributed by atoms with Gasteiger partial charge in [-0.2, -0.15) is 0 Å². The second kappa shape index (κ2) is 17.5. The van der Waals surface area contributed by atoms with Crippen molar-refractivity contribution in [2.24, 2.45) is 17.8 Å². The number of benzene rings is 3. The van der Waals surface area contributed by atoms with Crippen LogP contribution in [0.2, 0.25) is 0 Å². The van der Waals surface area contributed by atoms with E-state index in [2.05, 4.69) is 19.9 Å². The molecule has 0 aromatic heterocycles. The number of halogens is 4. The molecule has 1 unspecified atom stereocenters. The molecule has 47 heavy (non-hydrogen) atoms. The summed E-state index contributed by atoms with van der Waals surface area (Å²) in [5.74, 6) is -1.02. The van der Waals surface area contributed by atoms with Gasteiger partial charge in [0.25, 0.3) is 0 Å². The number of allylic oxidation sites excluding steroid dienone is 2. The maximum atomic E-state index is 15.5. The Morgan fingerprint density at radius 1 is 0.532 bits per heavy atom. The second-order valence-electron chi connectivity index (χ2n) is 14.3. The zero-order valence-corrected chi connectivity index (χ0v) is 28.7. The van der Waals surface area contributed by atoms with E-state index < -0.39 is 23.3 Å². The lowest BCUT2D eigenvalue weighted by atomic mass is 9.70. The van der Waals surface area contributed by atoms with Crippen molar-refractivity contribution in [3.05, 3.63) is 89.0 Å². The van der Waals surface area contributed by atoms with Crippen LogP contribution in [0.5, 0.6) is 0 Å². The quantitative estimate of drug-likeness (QED) is 0.114. The maximum absolute atomic E-state index is 15.5. The molecule has 0 N–H and O–H groups in total. The Morgan fingerprint density at radius 3 is 1.72 bits per heavy atom. The summed E-state index contributed by atoms with van der Waals surface area (Å²) in [5, 5.41) is 0. The molecule has 2 aliphatic rings. The van der Waals surface area contributed by atoms with Gasteiger partial charge in [0.1, 0.15) is 0 Å². The van der Waals surface area contributed by atoms with Crippen LogP contribution in [0.4, 0.5) is 17.6 Å². The minimum atomic E-state index is -0.865. The Morgan fingerprint density at radius 2 is 1.09 bits per heavy atom. The summed E-state index contributed by atoms with van der Waals surface area (Å²) in [6.45, 7) is 4.44. The molecular formula is C43H54F4. The molecule has 5 rings (SSSR count). The van der Waals surface area contributed by atoms with Crippen molar-refractivity contribution < 1.29 is 17.6 Å². The molecule has 0 nitrogen and oxygen atoms in total. The van der Waals surface area contributed by atoms with E-state index in [4.69, 9.17) is 0 Å². The highest BCUT2D eigenvalue weighted by Gasteiger charge is 2.29. The highest BCUT2D eigenvalue weighted by molar-refractivity contribution is 5.74.